The molecule has 35 heavy (non-hydrogen) atoms. The molecule has 1 N–H and O–H groups in total. The molecule has 2 aromatic carbocycles. The number of aryl methyl sites for hydroxylation is 4. The Kier molecular flexibility index (Phi) is 5.72. The summed E-state index contributed by atoms with van der Waals surface area (Å²) in [6.07, 6.45) is 3.37. The van der Waals surface area contributed by atoms with E-state index in [1.807, 2.05) is 12.1 Å². The minimum absolute atomic E-state index is 0.0297. The van der Waals surface area contributed by atoms with Crippen LogP contribution in [0.15, 0.2) is 30.5 Å². The van der Waals surface area contributed by atoms with Crippen LogP contribution < -0.4 is 9.47 Å². The van der Waals surface area contributed by atoms with E-state index < -0.39 is 5.97 Å². The summed E-state index contributed by atoms with van der Waals surface area (Å²) in [6, 6.07) is 7.95. The quantitative estimate of drug-likeness (QED) is 0.430. The van der Waals surface area contributed by atoms with Gasteiger partial charge in [0.2, 0.25) is 5.88 Å². The highest BCUT2D eigenvalue weighted by molar-refractivity contribution is 5.81. The number of hydrogen-bond donors (Lipinski definition) is 1. The van der Waals surface area contributed by atoms with E-state index in [0.29, 0.717) is 23.9 Å². The molecular weight excluding hydrogens is 440 g/mol. The second-order valence-electron chi connectivity index (χ2n) is 9.66. The first-order chi connectivity index (χ1) is 16.8. The summed E-state index contributed by atoms with van der Waals surface area (Å²) in [6.45, 7) is 16.2. The van der Waals surface area contributed by atoms with Crippen molar-refractivity contribution in [3.05, 3.63) is 80.8 Å². The third kappa shape index (κ3) is 4.01. The molecule has 1 aliphatic carbocycles. The number of nitrogens with zero attached hydrogens (tertiary/aromatic N) is 2. The van der Waals surface area contributed by atoms with Crippen molar-refractivity contribution in [3.8, 4) is 22.8 Å². The number of benzene rings is 2. The van der Waals surface area contributed by atoms with Crippen LogP contribution in [-0.2, 0) is 11.2 Å². The van der Waals surface area contributed by atoms with E-state index >= 15 is 0 Å². The fourth-order valence-electron chi connectivity index (χ4n) is 5.81. The van der Waals surface area contributed by atoms with Gasteiger partial charge in [-0.25, -0.2) is 9.83 Å². The van der Waals surface area contributed by atoms with E-state index in [-0.39, 0.29) is 18.4 Å². The van der Waals surface area contributed by atoms with E-state index in [9.17, 15) is 4.79 Å². The molecule has 178 valence electrons. The van der Waals surface area contributed by atoms with Gasteiger partial charge in [0, 0.05) is 23.7 Å². The minimum atomic E-state index is -0.842. The van der Waals surface area contributed by atoms with Gasteiger partial charge in [0.05, 0.1) is 19.6 Å². The molecule has 2 atom stereocenters. The number of aliphatic carboxylic acids is 1. The molecule has 0 amide bonds. The summed E-state index contributed by atoms with van der Waals surface area (Å²) in [5.74, 6) is 0.134. The van der Waals surface area contributed by atoms with Crippen LogP contribution in [0.2, 0.25) is 0 Å². The number of ether oxygens (including phenoxy) is 2. The Labute approximate surface area is 205 Å². The zero-order chi connectivity index (χ0) is 24.9. The van der Waals surface area contributed by atoms with Gasteiger partial charge >= 0.3 is 5.97 Å². The van der Waals surface area contributed by atoms with E-state index in [2.05, 4.69) is 43.6 Å². The molecule has 3 aromatic rings. The van der Waals surface area contributed by atoms with Crippen LogP contribution in [-0.4, -0.2) is 22.7 Å². The molecule has 5 rings (SSSR count). The highest BCUT2D eigenvalue weighted by atomic mass is 16.5. The van der Waals surface area contributed by atoms with Gasteiger partial charge in [-0.1, -0.05) is 29.3 Å². The monoisotopic (exact) mass is 468 g/mol. The average molecular weight is 469 g/mol. The standard InChI is InChI=1S/C29H28N2O4/c1-15-8-16(2)29(27-17(3)9-20(30-5)10-18(27)4)21-6-7-23(28(15)21)35-25-12-24-22(13-31-25)19(14-34-24)11-26(32)33/h8-10,12-13,19,23H,6-7,11,14H2,1-4H3,(H,32,33)/t19-,23?/m1/s1. The summed E-state index contributed by atoms with van der Waals surface area (Å²) in [5, 5.41) is 9.13. The summed E-state index contributed by atoms with van der Waals surface area (Å²) < 4.78 is 12.1. The number of carbonyl (C=O) groups is 1. The zero-order valence-corrected chi connectivity index (χ0v) is 20.4. The van der Waals surface area contributed by atoms with Crippen LogP contribution in [0.4, 0.5) is 5.69 Å². The Balaban J connectivity index is 1.50. The van der Waals surface area contributed by atoms with Crippen LogP contribution >= 0.6 is 0 Å². The van der Waals surface area contributed by atoms with E-state index in [4.69, 9.17) is 21.2 Å². The Morgan fingerprint density at radius 3 is 2.51 bits per heavy atom. The lowest BCUT2D eigenvalue weighted by Crippen LogP contribution is -2.08. The molecule has 0 saturated carbocycles. The third-order valence-corrected chi connectivity index (χ3v) is 7.19. The summed E-state index contributed by atoms with van der Waals surface area (Å²) >= 11 is 0. The van der Waals surface area contributed by atoms with Crippen LogP contribution in [0.1, 0.15) is 63.8 Å². The lowest BCUT2D eigenvalue weighted by Gasteiger charge is -2.21. The van der Waals surface area contributed by atoms with E-state index in [1.165, 1.54) is 33.4 Å². The molecule has 2 aliphatic rings. The van der Waals surface area contributed by atoms with Gasteiger partial charge in [-0.05, 0) is 73.9 Å². The lowest BCUT2D eigenvalue weighted by atomic mass is 9.85. The first kappa shape index (κ1) is 22.9. The lowest BCUT2D eigenvalue weighted by molar-refractivity contribution is -0.137. The molecule has 0 fully saturated rings. The topological polar surface area (TPSA) is 73.0 Å². The number of carboxylic acids is 1. The van der Waals surface area contributed by atoms with Gasteiger partial charge < -0.3 is 14.6 Å². The molecular formula is C29H28N2O4. The molecule has 0 saturated heterocycles. The van der Waals surface area contributed by atoms with Gasteiger partial charge in [0.1, 0.15) is 11.9 Å². The van der Waals surface area contributed by atoms with Gasteiger partial charge in [-0.15, -0.1) is 0 Å². The Hall–Kier alpha value is -3.85. The largest absolute Gasteiger partial charge is 0.492 e. The third-order valence-electron chi connectivity index (χ3n) is 7.19. The van der Waals surface area contributed by atoms with E-state index in [1.54, 1.807) is 12.3 Å². The van der Waals surface area contributed by atoms with Crippen molar-refractivity contribution in [1.29, 1.82) is 0 Å². The SMILES string of the molecule is [C-]#[N+]c1cc(C)c(-c2c(C)cc(C)c3c2CCC3Oc2cc3c(cn2)[C@H](CC(=O)O)CO3)c(C)c1. The minimum Gasteiger partial charge on any atom is -0.492 e. The molecule has 6 nitrogen and oxygen atoms in total. The molecule has 2 heterocycles. The summed E-state index contributed by atoms with van der Waals surface area (Å²) in [4.78, 5) is 19.2. The van der Waals surface area contributed by atoms with Crippen molar-refractivity contribution in [2.45, 2.75) is 59.0 Å². The van der Waals surface area contributed by atoms with E-state index in [0.717, 1.165) is 29.5 Å². The van der Waals surface area contributed by atoms with Crippen LogP contribution in [0, 0.1) is 34.3 Å². The van der Waals surface area contributed by atoms with Crippen molar-refractivity contribution >= 4 is 11.7 Å². The second kappa shape index (κ2) is 8.74. The molecule has 0 bridgehead atoms. The van der Waals surface area contributed by atoms with Gasteiger partial charge in [-0.3, -0.25) is 4.79 Å². The normalized spacial score (nSPS) is 17.9. The first-order valence-corrected chi connectivity index (χ1v) is 11.9. The van der Waals surface area contributed by atoms with Crippen LogP contribution in [0.25, 0.3) is 16.0 Å². The predicted octanol–water partition coefficient (Wildman–Crippen LogP) is 6.55. The fraction of sp³-hybridized carbons (Fsp3) is 0.345. The Morgan fingerprint density at radius 1 is 1.11 bits per heavy atom. The van der Waals surface area contributed by atoms with Crippen molar-refractivity contribution < 1.29 is 19.4 Å². The molecule has 0 spiro atoms. The maximum absolute atomic E-state index is 11.1. The number of aromatic nitrogens is 1. The molecule has 1 unspecified atom stereocenters. The number of pyridine rings is 1. The Morgan fingerprint density at radius 2 is 1.83 bits per heavy atom. The summed E-state index contributed by atoms with van der Waals surface area (Å²) in [5.41, 5.74) is 11.2. The Bertz CT molecular complexity index is 1380. The first-order valence-electron chi connectivity index (χ1n) is 11.9. The maximum atomic E-state index is 11.1. The number of fused-ring (bicyclic) bond motifs is 2. The smallest absolute Gasteiger partial charge is 0.304 e. The van der Waals surface area contributed by atoms with Crippen LogP contribution in [0.3, 0.4) is 0 Å². The van der Waals surface area contributed by atoms with Gasteiger partial charge in [0.15, 0.2) is 5.69 Å². The molecule has 6 heteroatoms. The molecule has 1 aliphatic heterocycles. The van der Waals surface area contributed by atoms with Crippen molar-refractivity contribution in [1.82, 2.24) is 4.98 Å². The fourth-order valence-corrected chi connectivity index (χ4v) is 5.81. The van der Waals surface area contributed by atoms with Crippen molar-refractivity contribution in [2.24, 2.45) is 0 Å². The second-order valence-corrected chi connectivity index (χ2v) is 9.66. The molecule has 1 aromatic heterocycles. The number of rotatable bonds is 5. The number of hydrogen-bond acceptors (Lipinski definition) is 4. The molecule has 0 radical (unpaired) electrons. The maximum Gasteiger partial charge on any atom is 0.304 e. The van der Waals surface area contributed by atoms with Crippen LogP contribution in [0.5, 0.6) is 11.6 Å². The zero-order valence-electron chi connectivity index (χ0n) is 20.4. The highest BCUT2D eigenvalue weighted by Gasteiger charge is 2.32. The number of carboxylic acid groups (broad SMARTS) is 1. The van der Waals surface area contributed by atoms with Crippen molar-refractivity contribution in [2.75, 3.05) is 6.61 Å². The predicted molar refractivity (Wildman–Crippen MR) is 134 cm³/mol. The average Bonchev–Trinajstić information content (AvgIpc) is 3.39. The van der Waals surface area contributed by atoms with Gasteiger partial charge in [-0.2, -0.15) is 0 Å². The van der Waals surface area contributed by atoms with Gasteiger partial charge in [0.25, 0.3) is 0 Å². The summed E-state index contributed by atoms with van der Waals surface area (Å²) in [7, 11) is 0. The van der Waals surface area contributed by atoms with Crippen molar-refractivity contribution in [3.63, 3.8) is 0 Å². The highest BCUT2D eigenvalue weighted by Crippen LogP contribution is 2.46.